The van der Waals surface area contributed by atoms with Gasteiger partial charge in [-0.15, -0.1) is 0 Å². The van der Waals surface area contributed by atoms with Gasteiger partial charge in [-0.2, -0.15) is 0 Å². The minimum Gasteiger partial charge on any atom is -0.497 e. The van der Waals surface area contributed by atoms with Crippen LogP contribution in [0.4, 0.5) is 22.7 Å². The molecule has 0 bridgehead atoms. The molecule has 0 saturated carbocycles. The first-order chi connectivity index (χ1) is 19.6. The maximum absolute atomic E-state index is 5.41. The largest absolute Gasteiger partial charge is 0.497 e. The lowest BCUT2D eigenvalue weighted by Crippen LogP contribution is -3.08. The van der Waals surface area contributed by atoms with Crippen LogP contribution in [0.1, 0.15) is 0 Å². The van der Waals surface area contributed by atoms with E-state index in [2.05, 4.69) is 72.8 Å². The molecule has 204 valence electrons. The predicted octanol–water partition coefficient (Wildman–Crippen LogP) is 4.98. The van der Waals surface area contributed by atoms with Crippen molar-refractivity contribution in [2.45, 2.75) is 12.1 Å². The highest BCUT2D eigenvalue weighted by atomic mass is 16.5. The first-order valence-electron chi connectivity index (χ1n) is 13.3. The molecular formula is C34H36N2O4+2. The molecule has 4 aromatic carbocycles. The first-order valence-corrected chi connectivity index (χ1v) is 13.3. The number of quaternary nitrogens is 2. The summed E-state index contributed by atoms with van der Waals surface area (Å²) in [5, 5.41) is 0. The Kier molecular flexibility index (Phi) is 8.50. The number of nitrogens with one attached hydrogen (secondary N) is 2. The summed E-state index contributed by atoms with van der Waals surface area (Å²) in [6, 6.07) is 33.3. The number of rotatable bonds is 10. The van der Waals surface area contributed by atoms with E-state index in [0.29, 0.717) is 0 Å². The minimum absolute atomic E-state index is 0.103. The molecule has 0 unspecified atom stereocenters. The van der Waals surface area contributed by atoms with Gasteiger partial charge in [-0.1, -0.05) is 0 Å². The molecule has 4 aromatic rings. The summed E-state index contributed by atoms with van der Waals surface area (Å²) in [6.45, 7) is 0. The highest BCUT2D eigenvalue weighted by Crippen LogP contribution is 2.21. The second-order valence-electron chi connectivity index (χ2n) is 9.56. The molecule has 0 heterocycles. The van der Waals surface area contributed by atoms with Gasteiger partial charge >= 0.3 is 0 Å². The van der Waals surface area contributed by atoms with Crippen LogP contribution in [0.15, 0.2) is 121 Å². The van der Waals surface area contributed by atoms with Crippen LogP contribution in [-0.2, 0) is 0 Å². The van der Waals surface area contributed by atoms with E-state index in [1.165, 1.54) is 9.80 Å². The fourth-order valence-corrected chi connectivity index (χ4v) is 5.18. The number of ether oxygens (including phenoxy) is 4. The monoisotopic (exact) mass is 536 g/mol. The molecule has 0 fully saturated rings. The Morgan fingerprint density at radius 1 is 0.350 bits per heavy atom. The SMILES string of the molecule is COc1ccc([NH+](c2ccc(OC)cc2)C2C=CC([NH+](c3ccc(OC)cc3)c3ccc(OC)cc3)C=C2)cc1. The molecule has 1 aliphatic rings. The molecule has 2 N–H and O–H groups in total. The first kappa shape index (κ1) is 27.1. The van der Waals surface area contributed by atoms with Gasteiger partial charge in [0, 0.05) is 48.5 Å². The van der Waals surface area contributed by atoms with Gasteiger partial charge in [0.2, 0.25) is 0 Å². The third-order valence-electron chi connectivity index (χ3n) is 7.32. The summed E-state index contributed by atoms with van der Waals surface area (Å²) in [5.41, 5.74) is 4.60. The van der Waals surface area contributed by atoms with E-state index >= 15 is 0 Å². The lowest BCUT2D eigenvalue weighted by Gasteiger charge is -2.29. The number of methoxy groups -OCH3 is 4. The predicted molar refractivity (Wildman–Crippen MR) is 158 cm³/mol. The molecule has 6 nitrogen and oxygen atoms in total. The van der Waals surface area contributed by atoms with Crippen LogP contribution >= 0.6 is 0 Å². The standard InChI is InChI=1S/C34H34N2O4/c1-37-31-17-9-27(10-18-31)35(28-11-19-32(38-2)20-12-28)25-5-7-26(8-6-25)36(29-13-21-33(39-3)22-14-29)30-15-23-34(40-4)24-16-30/h5-26H,1-4H3/p+2. The maximum Gasteiger partial charge on any atom is 0.137 e. The topological polar surface area (TPSA) is 45.8 Å². The van der Waals surface area contributed by atoms with Crippen LogP contribution in [0, 0.1) is 0 Å². The van der Waals surface area contributed by atoms with Crippen LogP contribution in [0.5, 0.6) is 23.0 Å². The smallest absolute Gasteiger partial charge is 0.137 e. The molecular weight excluding hydrogens is 500 g/mol. The zero-order valence-corrected chi connectivity index (χ0v) is 23.3. The van der Waals surface area contributed by atoms with Crippen molar-refractivity contribution < 1.29 is 28.7 Å². The molecule has 6 heteroatoms. The Bertz CT molecular complexity index is 1210. The van der Waals surface area contributed by atoms with Crippen LogP contribution in [-0.4, -0.2) is 40.5 Å². The summed E-state index contributed by atoms with van der Waals surface area (Å²) in [4.78, 5) is 2.46. The van der Waals surface area contributed by atoms with Crippen LogP contribution in [0.25, 0.3) is 0 Å². The summed E-state index contributed by atoms with van der Waals surface area (Å²) in [5.74, 6) is 3.35. The molecule has 0 spiro atoms. The number of hydrogen-bond donors (Lipinski definition) is 2. The van der Waals surface area contributed by atoms with Crippen LogP contribution < -0.4 is 28.7 Å². The van der Waals surface area contributed by atoms with Crippen molar-refractivity contribution in [3.63, 3.8) is 0 Å². The Labute approximate surface area is 236 Å². The van der Waals surface area contributed by atoms with Crippen LogP contribution in [0.3, 0.4) is 0 Å². The normalized spacial score (nSPS) is 16.2. The molecule has 0 aromatic heterocycles. The van der Waals surface area contributed by atoms with E-state index in [0.717, 1.165) is 45.7 Å². The second kappa shape index (κ2) is 12.6. The van der Waals surface area contributed by atoms with E-state index in [-0.39, 0.29) is 12.1 Å². The fraction of sp³-hybridized carbons (Fsp3) is 0.176. The van der Waals surface area contributed by atoms with E-state index in [9.17, 15) is 0 Å². The zero-order chi connectivity index (χ0) is 27.9. The highest BCUT2D eigenvalue weighted by molar-refractivity contribution is 5.46. The van der Waals surface area contributed by atoms with Crippen molar-refractivity contribution in [2.24, 2.45) is 0 Å². The number of hydrogen-bond acceptors (Lipinski definition) is 4. The van der Waals surface area contributed by atoms with Gasteiger partial charge in [-0.25, -0.2) is 0 Å². The van der Waals surface area contributed by atoms with Crippen molar-refractivity contribution in [3.05, 3.63) is 121 Å². The second-order valence-corrected chi connectivity index (χ2v) is 9.56. The Morgan fingerprint density at radius 3 is 0.725 bits per heavy atom. The summed E-state index contributed by atoms with van der Waals surface area (Å²) >= 11 is 0. The summed E-state index contributed by atoms with van der Waals surface area (Å²) in [6.07, 6.45) is 9.23. The van der Waals surface area contributed by atoms with E-state index in [1.807, 2.05) is 48.5 Å². The highest BCUT2D eigenvalue weighted by Gasteiger charge is 2.30. The van der Waals surface area contributed by atoms with Crippen molar-refractivity contribution in [1.29, 1.82) is 0 Å². The zero-order valence-electron chi connectivity index (χ0n) is 23.3. The Hall–Kier alpha value is -4.52. The molecule has 0 amide bonds. The third kappa shape index (κ3) is 5.88. The molecule has 0 aliphatic heterocycles. The van der Waals surface area contributed by atoms with E-state index < -0.39 is 0 Å². The molecule has 0 radical (unpaired) electrons. The average Bonchev–Trinajstić information content (AvgIpc) is 3.03. The van der Waals surface area contributed by atoms with Gasteiger partial charge in [0.15, 0.2) is 0 Å². The maximum atomic E-state index is 5.41. The fourth-order valence-electron chi connectivity index (χ4n) is 5.18. The lowest BCUT2D eigenvalue weighted by atomic mass is 10.0. The van der Waals surface area contributed by atoms with Crippen molar-refractivity contribution in [3.8, 4) is 23.0 Å². The molecule has 1 aliphatic carbocycles. The van der Waals surface area contributed by atoms with Gasteiger partial charge < -0.3 is 18.9 Å². The molecule has 40 heavy (non-hydrogen) atoms. The van der Waals surface area contributed by atoms with E-state index in [1.54, 1.807) is 28.4 Å². The van der Waals surface area contributed by atoms with Crippen molar-refractivity contribution in [2.75, 3.05) is 28.4 Å². The quantitative estimate of drug-likeness (QED) is 0.281. The summed E-state index contributed by atoms with van der Waals surface area (Å²) in [7, 11) is 6.76. The third-order valence-corrected chi connectivity index (χ3v) is 7.32. The molecule has 5 rings (SSSR count). The van der Waals surface area contributed by atoms with Crippen molar-refractivity contribution >= 4 is 22.7 Å². The average molecular weight is 537 g/mol. The van der Waals surface area contributed by atoms with Gasteiger partial charge in [-0.3, -0.25) is 9.80 Å². The minimum atomic E-state index is 0.103. The lowest BCUT2D eigenvalue weighted by molar-refractivity contribution is -0.781. The van der Waals surface area contributed by atoms with Gasteiger partial charge in [-0.05, 0) is 72.8 Å². The van der Waals surface area contributed by atoms with Crippen LogP contribution in [0.2, 0.25) is 0 Å². The molecule has 0 atom stereocenters. The number of benzene rings is 4. The summed E-state index contributed by atoms with van der Waals surface area (Å²) < 4.78 is 21.6. The van der Waals surface area contributed by atoms with Gasteiger partial charge in [0.1, 0.15) is 57.8 Å². The van der Waals surface area contributed by atoms with E-state index in [4.69, 9.17) is 18.9 Å². The van der Waals surface area contributed by atoms with Gasteiger partial charge in [0.05, 0.1) is 28.4 Å². The Balaban J connectivity index is 1.48. The van der Waals surface area contributed by atoms with Gasteiger partial charge in [0.25, 0.3) is 0 Å². The molecule has 0 saturated heterocycles. The Morgan fingerprint density at radius 2 is 0.550 bits per heavy atom. The van der Waals surface area contributed by atoms with Crippen molar-refractivity contribution in [1.82, 2.24) is 0 Å².